The number of amides is 1. The highest BCUT2D eigenvalue weighted by molar-refractivity contribution is 5.95. The van der Waals surface area contributed by atoms with Gasteiger partial charge in [-0.05, 0) is 32.9 Å². The molecule has 0 spiro atoms. The van der Waals surface area contributed by atoms with Gasteiger partial charge in [0.2, 0.25) is 0 Å². The monoisotopic (exact) mass is 235 g/mol. The first kappa shape index (κ1) is 13.3. The second kappa shape index (κ2) is 5.54. The van der Waals surface area contributed by atoms with Crippen molar-refractivity contribution in [3.8, 4) is 0 Å². The zero-order valence-electron chi connectivity index (χ0n) is 10.3. The van der Waals surface area contributed by atoms with Gasteiger partial charge in [-0.25, -0.2) is 5.43 Å². The van der Waals surface area contributed by atoms with Gasteiger partial charge in [0, 0.05) is 30.1 Å². The number of rotatable bonds is 4. The van der Waals surface area contributed by atoms with Crippen LogP contribution in [-0.2, 0) is 0 Å². The summed E-state index contributed by atoms with van der Waals surface area (Å²) in [6.45, 7) is 5.14. The van der Waals surface area contributed by atoms with Crippen LogP contribution >= 0.6 is 0 Å². The average molecular weight is 235 g/mol. The van der Waals surface area contributed by atoms with Crippen LogP contribution in [0.1, 0.15) is 37.6 Å². The van der Waals surface area contributed by atoms with Gasteiger partial charge in [0.15, 0.2) is 0 Å². The molecule has 0 fully saturated rings. The van der Waals surface area contributed by atoms with Crippen LogP contribution in [-0.4, -0.2) is 27.3 Å². The van der Waals surface area contributed by atoms with E-state index < -0.39 is 5.60 Å². The molecule has 1 amide bonds. The molecule has 0 saturated carbocycles. The van der Waals surface area contributed by atoms with E-state index in [4.69, 9.17) is 0 Å². The van der Waals surface area contributed by atoms with Gasteiger partial charge in [-0.2, -0.15) is 5.10 Å². The smallest absolute Gasteiger partial charge is 0.271 e. The van der Waals surface area contributed by atoms with Gasteiger partial charge in [-0.3, -0.25) is 9.78 Å². The highest BCUT2D eigenvalue weighted by atomic mass is 16.3. The maximum absolute atomic E-state index is 11.6. The molecule has 1 aromatic heterocycles. The largest absolute Gasteiger partial charge is 0.390 e. The minimum Gasteiger partial charge on any atom is -0.390 e. The average Bonchev–Trinajstić information content (AvgIpc) is 2.25. The summed E-state index contributed by atoms with van der Waals surface area (Å²) in [6, 6.07) is 3.21. The molecule has 0 radical (unpaired) electrons. The van der Waals surface area contributed by atoms with E-state index in [0.717, 1.165) is 0 Å². The molecule has 2 N–H and O–H groups in total. The maximum Gasteiger partial charge on any atom is 0.271 e. The van der Waals surface area contributed by atoms with E-state index in [0.29, 0.717) is 17.7 Å². The Hall–Kier alpha value is -1.75. The van der Waals surface area contributed by atoms with Crippen molar-refractivity contribution in [3.63, 3.8) is 0 Å². The molecule has 1 aromatic rings. The van der Waals surface area contributed by atoms with Gasteiger partial charge in [-0.1, -0.05) is 0 Å². The predicted molar refractivity (Wildman–Crippen MR) is 65.7 cm³/mol. The van der Waals surface area contributed by atoms with Crippen LogP contribution in [0.25, 0.3) is 0 Å². The summed E-state index contributed by atoms with van der Waals surface area (Å²) in [7, 11) is 0. The molecule has 1 heterocycles. The standard InChI is InChI=1S/C12H17N3O2/c1-9(8-12(2,3)17)14-15-11(16)10-4-6-13-7-5-10/h4-7,17H,8H2,1-3H3,(H,15,16)/b14-9-. The Kier molecular flexibility index (Phi) is 4.34. The number of carbonyl (C=O) groups excluding carboxylic acids is 1. The fourth-order valence-corrected chi connectivity index (χ4v) is 1.38. The predicted octanol–water partition coefficient (Wildman–Crippen LogP) is 1.35. The Morgan fingerprint density at radius 2 is 2.06 bits per heavy atom. The number of carbonyl (C=O) groups is 1. The summed E-state index contributed by atoms with van der Waals surface area (Å²) in [5.41, 5.74) is 2.77. The fourth-order valence-electron chi connectivity index (χ4n) is 1.38. The lowest BCUT2D eigenvalue weighted by atomic mass is 10.0. The molecule has 0 unspecified atom stereocenters. The van der Waals surface area contributed by atoms with Gasteiger partial charge in [0.25, 0.3) is 5.91 Å². The maximum atomic E-state index is 11.6. The molecule has 1 rings (SSSR count). The van der Waals surface area contributed by atoms with Crippen molar-refractivity contribution >= 4 is 11.6 Å². The molecule has 92 valence electrons. The molecule has 0 aliphatic heterocycles. The third-order valence-corrected chi connectivity index (χ3v) is 1.98. The molecule has 5 heteroatoms. The molecular weight excluding hydrogens is 218 g/mol. The third kappa shape index (κ3) is 5.21. The topological polar surface area (TPSA) is 74.6 Å². The van der Waals surface area contributed by atoms with Crippen molar-refractivity contribution in [3.05, 3.63) is 30.1 Å². The van der Waals surface area contributed by atoms with E-state index in [1.807, 2.05) is 0 Å². The van der Waals surface area contributed by atoms with Crippen molar-refractivity contribution in [1.82, 2.24) is 10.4 Å². The first-order valence-corrected chi connectivity index (χ1v) is 5.34. The molecule has 0 saturated heterocycles. The Labute approximate surface area is 101 Å². The van der Waals surface area contributed by atoms with Gasteiger partial charge >= 0.3 is 0 Å². The lowest BCUT2D eigenvalue weighted by Crippen LogP contribution is -2.25. The molecule has 17 heavy (non-hydrogen) atoms. The van der Waals surface area contributed by atoms with Crippen LogP contribution in [0.2, 0.25) is 0 Å². The fraction of sp³-hybridized carbons (Fsp3) is 0.417. The molecule has 0 bridgehead atoms. The molecule has 5 nitrogen and oxygen atoms in total. The van der Waals surface area contributed by atoms with Crippen LogP contribution in [0.3, 0.4) is 0 Å². The first-order valence-electron chi connectivity index (χ1n) is 5.34. The lowest BCUT2D eigenvalue weighted by molar-refractivity contribution is 0.0875. The van der Waals surface area contributed by atoms with Crippen molar-refractivity contribution in [2.75, 3.05) is 0 Å². The summed E-state index contributed by atoms with van der Waals surface area (Å²) in [4.78, 5) is 15.4. The Balaban J connectivity index is 2.56. The number of aromatic nitrogens is 1. The summed E-state index contributed by atoms with van der Waals surface area (Å²) in [6.07, 6.45) is 3.49. The van der Waals surface area contributed by atoms with E-state index in [2.05, 4.69) is 15.5 Å². The van der Waals surface area contributed by atoms with Gasteiger partial charge in [0.05, 0.1) is 5.60 Å². The third-order valence-electron chi connectivity index (χ3n) is 1.98. The molecule has 0 aromatic carbocycles. The summed E-state index contributed by atoms with van der Waals surface area (Å²) in [5, 5.41) is 13.5. The number of aliphatic hydroxyl groups is 1. The normalized spacial score (nSPS) is 12.4. The van der Waals surface area contributed by atoms with Crippen LogP contribution in [0.4, 0.5) is 0 Å². The number of hydrogen-bond acceptors (Lipinski definition) is 4. The number of hydrogen-bond donors (Lipinski definition) is 2. The van der Waals surface area contributed by atoms with Crippen LogP contribution < -0.4 is 5.43 Å². The second-order valence-corrected chi connectivity index (χ2v) is 4.51. The lowest BCUT2D eigenvalue weighted by Gasteiger charge is -2.16. The zero-order chi connectivity index (χ0) is 12.9. The summed E-state index contributed by atoms with van der Waals surface area (Å²) in [5.74, 6) is -0.289. The minimum absolute atomic E-state index is 0.289. The second-order valence-electron chi connectivity index (χ2n) is 4.51. The van der Waals surface area contributed by atoms with E-state index in [1.54, 1.807) is 45.3 Å². The van der Waals surface area contributed by atoms with Crippen molar-refractivity contribution in [2.24, 2.45) is 5.10 Å². The summed E-state index contributed by atoms with van der Waals surface area (Å²) >= 11 is 0. The van der Waals surface area contributed by atoms with Crippen LogP contribution in [0.15, 0.2) is 29.6 Å². The number of nitrogens with one attached hydrogen (secondary N) is 1. The number of pyridine rings is 1. The Morgan fingerprint density at radius 3 is 2.59 bits per heavy atom. The van der Waals surface area contributed by atoms with Gasteiger partial charge in [-0.15, -0.1) is 0 Å². The van der Waals surface area contributed by atoms with E-state index >= 15 is 0 Å². The van der Waals surface area contributed by atoms with E-state index in [1.165, 1.54) is 0 Å². The molecular formula is C12H17N3O2. The highest BCUT2D eigenvalue weighted by Crippen LogP contribution is 2.07. The Morgan fingerprint density at radius 1 is 1.47 bits per heavy atom. The van der Waals surface area contributed by atoms with Crippen LogP contribution in [0, 0.1) is 0 Å². The quantitative estimate of drug-likeness (QED) is 0.611. The molecule has 0 aliphatic carbocycles. The van der Waals surface area contributed by atoms with Crippen molar-refractivity contribution < 1.29 is 9.90 Å². The first-order chi connectivity index (χ1) is 7.88. The highest BCUT2D eigenvalue weighted by Gasteiger charge is 2.14. The SMILES string of the molecule is C/C(CC(C)(C)O)=N/NC(=O)c1ccncc1. The summed E-state index contributed by atoms with van der Waals surface area (Å²) < 4.78 is 0. The zero-order valence-corrected chi connectivity index (χ0v) is 10.3. The van der Waals surface area contributed by atoms with Gasteiger partial charge in [0.1, 0.15) is 0 Å². The van der Waals surface area contributed by atoms with Crippen molar-refractivity contribution in [2.45, 2.75) is 32.8 Å². The number of hydrazone groups is 1. The van der Waals surface area contributed by atoms with Crippen LogP contribution in [0.5, 0.6) is 0 Å². The van der Waals surface area contributed by atoms with Gasteiger partial charge < -0.3 is 5.11 Å². The Bertz CT molecular complexity index is 408. The number of nitrogens with zero attached hydrogens (tertiary/aromatic N) is 2. The minimum atomic E-state index is -0.824. The molecule has 0 atom stereocenters. The van der Waals surface area contributed by atoms with E-state index in [9.17, 15) is 9.90 Å². The van der Waals surface area contributed by atoms with Crippen molar-refractivity contribution in [1.29, 1.82) is 0 Å². The molecule has 0 aliphatic rings. The van der Waals surface area contributed by atoms with E-state index in [-0.39, 0.29) is 5.91 Å².